The Morgan fingerprint density at radius 1 is 1.12 bits per heavy atom. The second-order valence-electron chi connectivity index (χ2n) is 6.99. The van der Waals surface area contributed by atoms with Gasteiger partial charge in [0.2, 0.25) is 11.8 Å². The van der Waals surface area contributed by atoms with Crippen molar-refractivity contribution in [1.82, 2.24) is 19.7 Å². The lowest BCUT2D eigenvalue weighted by molar-refractivity contribution is -0.0914. The Kier molecular flexibility index (Phi) is 4.61. The second-order valence-corrected chi connectivity index (χ2v) is 6.99. The molecule has 2 aromatic heterocycles. The van der Waals surface area contributed by atoms with Crippen molar-refractivity contribution < 1.29 is 9.15 Å². The van der Waals surface area contributed by atoms with Crippen molar-refractivity contribution in [3.8, 4) is 11.5 Å². The van der Waals surface area contributed by atoms with Crippen LogP contribution in [0.25, 0.3) is 11.5 Å². The first-order valence-corrected chi connectivity index (χ1v) is 8.97. The number of ether oxygens (including phenoxy) is 1. The van der Waals surface area contributed by atoms with Gasteiger partial charge in [0.25, 0.3) is 0 Å². The molecule has 1 aliphatic heterocycles. The fourth-order valence-corrected chi connectivity index (χ4v) is 3.45. The molecule has 0 N–H and O–H groups in total. The topological polar surface area (TPSA) is 56.3 Å². The van der Waals surface area contributed by atoms with Crippen molar-refractivity contribution in [3.63, 3.8) is 0 Å². The third-order valence-corrected chi connectivity index (χ3v) is 4.92. The molecule has 4 rings (SSSR count). The van der Waals surface area contributed by atoms with E-state index in [-0.39, 0.29) is 12.2 Å². The van der Waals surface area contributed by atoms with E-state index in [2.05, 4.69) is 46.3 Å². The molecule has 0 unspecified atom stereocenters. The van der Waals surface area contributed by atoms with Crippen molar-refractivity contribution in [2.24, 2.45) is 7.05 Å². The average molecular weight is 352 g/mol. The van der Waals surface area contributed by atoms with Crippen LogP contribution in [-0.4, -0.2) is 38.9 Å². The Bertz CT molecular complexity index is 871. The molecular weight excluding hydrogens is 328 g/mol. The molecule has 1 aliphatic rings. The molecule has 6 nitrogen and oxygen atoms in total. The van der Waals surface area contributed by atoms with Gasteiger partial charge in [-0.2, -0.15) is 0 Å². The van der Waals surface area contributed by atoms with Crippen LogP contribution in [0.15, 0.2) is 47.0 Å². The molecule has 1 fully saturated rings. The molecule has 26 heavy (non-hydrogen) atoms. The van der Waals surface area contributed by atoms with Gasteiger partial charge in [-0.25, -0.2) is 0 Å². The molecule has 2 atom stereocenters. The zero-order chi connectivity index (χ0) is 18.1. The standard InChI is InChI=1S/C20H24N4O2/c1-14-11-24(12-16-7-5-4-6-8-16)13-18(25-14)20-22-21-19(26-20)17-9-10-23(3)15(17)2/h4-10,14,18H,11-13H2,1-3H3/t14-,18-/m1/s1. The smallest absolute Gasteiger partial charge is 0.249 e. The molecule has 0 saturated carbocycles. The maximum absolute atomic E-state index is 6.08. The Morgan fingerprint density at radius 3 is 2.65 bits per heavy atom. The van der Waals surface area contributed by atoms with E-state index >= 15 is 0 Å². The Labute approximate surface area is 153 Å². The molecule has 1 saturated heterocycles. The van der Waals surface area contributed by atoms with E-state index < -0.39 is 0 Å². The van der Waals surface area contributed by atoms with E-state index in [1.54, 1.807) is 0 Å². The van der Waals surface area contributed by atoms with Gasteiger partial charge in [-0.3, -0.25) is 4.90 Å². The molecule has 6 heteroatoms. The molecular formula is C20H24N4O2. The van der Waals surface area contributed by atoms with Crippen molar-refractivity contribution in [2.75, 3.05) is 13.1 Å². The summed E-state index contributed by atoms with van der Waals surface area (Å²) in [4.78, 5) is 2.38. The minimum absolute atomic E-state index is 0.117. The van der Waals surface area contributed by atoms with E-state index in [1.807, 2.05) is 36.9 Å². The quantitative estimate of drug-likeness (QED) is 0.721. The number of morpholine rings is 1. The van der Waals surface area contributed by atoms with Gasteiger partial charge in [-0.05, 0) is 25.5 Å². The van der Waals surface area contributed by atoms with Gasteiger partial charge in [-0.15, -0.1) is 10.2 Å². The van der Waals surface area contributed by atoms with Crippen molar-refractivity contribution in [3.05, 3.63) is 59.7 Å². The number of hydrogen-bond acceptors (Lipinski definition) is 5. The minimum Gasteiger partial charge on any atom is -0.418 e. The number of hydrogen-bond donors (Lipinski definition) is 0. The van der Waals surface area contributed by atoms with Gasteiger partial charge in [0.1, 0.15) is 6.10 Å². The normalized spacial score (nSPS) is 21.2. The maximum atomic E-state index is 6.08. The van der Waals surface area contributed by atoms with Crippen molar-refractivity contribution >= 4 is 0 Å². The largest absolute Gasteiger partial charge is 0.418 e. The van der Waals surface area contributed by atoms with Gasteiger partial charge in [0, 0.05) is 38.6 Å². The summed E-state index contributed by atoms with van der Waals surface area (Å²) in [6, 6.07) is 12.5. The lowest BCUT2D eigenvalue weighted by Crippen LogP contribution is -2.42. The summed E-state index contributed by atoms with van der Waals surface area (Å²) in [6.07, 6.45) is 1.91. The predicted octanol–water partition coefficient (Wildman–Crippen LogP) is 3.35. The van der Waals surface area contributed by atoms with Gasteiger partial charge in [0.15, 0.2) is 0 Å². The fraction of sp³-hybridized carbons (Fsp3) is 0.400. The van der Waals surface area contributed by atoms with E-state index in [0.717, 1.165) is 30.9 Å². The van der Waals surface area contributed by atoms with Crippen molar-refractivity contribution in [2.45, 2.75) is 32.6 Å². The zero-order valence-corrected chi connectivity index (χ0v) is 15.4. The molecule has 3 heterocycles. The number of benzene rings is 1. The number of aromatic nitrogens is 3. The summed E-state index contributed by atoms with van der Waals surface area (Å²) >= 11 is 0. The SMILES string of the molecule is Cc1c(-c2nnc([C@H]3CN(Cc4ccccc4)C[C@@H](C)O3)o2)ccn1C. The van der Waals surface area contributed by atoms with E-state index in [0.29, 0.717) is 11.8 Å². The zero-order valence-electron chi connectivity index (χ0n) is 15.4. The average Bonchev–Trinajstić information content (AvgIpc) is 3.23. The highest BCUT2D eigenvalue weighted by Crippen LogP contribution is 2.29. The van der Waals surface area contributed by atoms with Crippen LogP contribution in [0.1, 0.15) is 30.2 Å². The van der Waals surface area contributed by atoms with Crippen LogP contribution >= 0.6 is 0 Å². The number of nitrogens with zero attached hydrogens (tertiary/aromatic N) is 4. The summed E-state index contributed by atoms with van der Waals surface area (Å²) in [6.45, 7) is 6.66. The molecule has 1 aromatic carbocycles. The van der Waals surface area contributed by atoms with Crippen LogP contribution in [0.3, 0.4) is 0 Å². The second kappa shape index (κ2) is 7.05. The summed E-state index contributed by atoms with van der Waals surface area (Å²) in [5, 5.41) is 8.51. The lowest BCUT2D eigenvalue weighted by Gasteiger charge is -2.35. The summed E-state index contributed by atoms with van der Waals surface area (Å²) in [5.74, 6) is 1.10. The Balaban J connectivity index is 1.51. The summed E-state index contributed by atoms with van der Waals surface area (Å²) in [5.41, 5.74) is 3.37. The monoisotopic (exact) mass is 352 g/mol. The molecule has 136 valence electrons. The number of rotatable bonds is 4. The van der Waals surface area contributed by atoms with Gasteiger partial charge in [-0.1, -0.05) is 30.3 Å². The van der Waals surface area contributed by atoms with Crippen LogP contribution in [-0.2, 0) is 18.3 Å². The molecule has 0 aliphatic carbocycles. The van der Waals surface area contributed by atoms with E-state index in [4.69, 9.17) is 9.15 Å². The molecule has 3 aromatic rings. The van der Waals surface area contributed by atoms with Crippen LogP contribution in [0, 0.1) is 6.92 Å². The highest BCUT2D eigenvalue weighted by molar-refractivity contribution is 5.56. The first kappa shape index (κ1) is 17.0. The predicted molar refractivity (Wildman–Crippen MR) is 98.4 cm³/mol. The first-order valence-electron chi connectivity index (χ1n) is 8.97. The highest BCUT2D eigenvalue weighted by atomic mass is 16.5. The van der Waals surface area contributed by atoms with Crippen LogP contribution < -0.4 is 0 Å². The Hall–Kier alpha value is -2.44. The molecule has 0 amide bonds. The van der Waals surface area contributed by atoms with Crippen LogP contribution in [0.2, 0.25) is 0 Å². The molecule has 0 bridgehead atoms. The van der Waals surface area contributed by atoms with Gasteiger partial charge in [0.05, 0.1) is 11.7 Å². The first-order chi connectivity index (χ1) is 12.6. The van der Waals surface area contributed by atoms with E-state index in [1.165, 1.54) is 5.56 Å². The lowest BCUT2D eigenvalue weighted by atomic mass is 10.1. The van der Waals surface area contributed by atoms with E-state index in [9.17, 15) is 0 Å². The van der Waals surface area contributed by atoms with Crippen molar-refractivity contribution in [1.29, 1.82) is 0 Å². The van der Waals surface area contributed by atoms with Gasteiger partial charge >= 0.3 is 0 Å². The minimum atomic E-state index is -0.201. The summed E-state index contributed by atoms with van der Waals surface area (Å²) in [7, 11) is 2.00. The third-order valence-electron chi connectivity index (χ3n) is 4.92. The number of aryl methyl sites for hydroxylation is 1. The Morgan fingerprint density at radius 2 is 1.92 bits per heavy atom. The fourth-order valence-electron chi connectivity index (χ4n) is 3.45. The van der Waals surface area contributed by atoms with Gasteiger partial charge < -0.3 is 13.7 Å². The third kappa shape index (κ3) is 3.43. The van der Waals surface area contributed by atoms with Crippen LogP contribution in [0.5, 0.6) is 0 Å². The molecule has 0 radical (unpaired) electrons. The highest BCUT2D eigenvalue weighted by Gasteiger charge is 2.30. The maximum Gasteiger partial charge on any atom is 0.249 e. The van der Waals surface area contributed by atoms with Crippen LogP contribution in [0.4, 0.5) is 0 Å². The summed E-state index contributed by atoms with van der Waals surface area (Å²) < 4.78 is 14.1. The molecule has 0 spiro atoms.